The molecule has 4 aromatic rings. The summed E-state index contributed by atoms with van der Waals surface area (Å²) in [6, 6.07) is 18.1. The van der Waals surface area contributed by atoms with Crippen molar-refractivity contribution in [3.05, 3.63) is 96.0 Å². The Morgan fingerprint density at radius 1 is 1.00 bits per heavy atom. The molecule has 2 aliphatic heterocycles. The van der Waals surface area contributed by atoms with E-state index in [1.54, 1.807) is 19.5 Å². The van der Waals surface area contributed by atoms with Gasteiger partial charge < -0.3 is 34.4 Å². The van der Waals surface area contributed by atoms with Gasteiger partial charge in [0, 0.05) is 86.0 Å². The molecule has 1 N–H and O–H groups in total. The van der Waals surface area contributed by atoms with E-state index in [1.165, 1.54) is 16.8 Å². The summed E-state index contributed by atoms with van der Waals surface area (Å²) in [6.07, 6.45) is 7.33. The topological polar surface area (TPSA) is 86.3 Å². The van der Waals surface area contributed by atoms with E-state index in [4.69, 9.17) is 9.47 Å². The number of ether oxygens (including phenoxy) is 2. The number of rotatable bonds is 8. The number of allylic oxidation sites excluding steroid dienone is 1. The first kappa shape index (κ1) is 41.2. The number of carbonyl (C=O) groups is 1. The molecule has 10 nitrogen and oxygen atoms in total. The van der Waals surface area contributed by atoms with Crippen molar-refractivity contribution in [3.8, 4) is 17.2 Å². The number of aromatic nitrogens is 2. The smallest absolute Gasteiger partial charge is 0.246 e. The van der Waals surface area contributed by atoms with Gasteiger partial charge in [-0.3, -0.25) is 4.79 Å². The number of likely N-dealkylation sites (N-methyl/N-ethyl adjacent to an activating group) is 2. The fourth-order valence-electron chi connectivity index (χ4n) is 6.18. The van der Waals surface area contributed by atoms with Crippen LogP contribution in [0.3, 0.4) is 0 Å². The van der Waals surface area contributed by atoms with Crippen LogP contribution in [-0.2, 0) is 4.79 Å². The van der Waals surface area contributed by atoms with Crippen LogP contribution in [0, 0.1) is 6.92 Å². The average Bonchev–Trinajstić information content (AvgIpc) is 3.32. The predicted octanol–water partition coefficient (Wildman–Crippen LogP) is 8.14. The molecule has 1 amide bonds. The Balaban J connectivity index is 0.000000279. The Bertz CT molecular complexity index is 1900. The monoisotopic (exact) mass is 739 g/mol. The lowest BCUT2D eigenvalue weighted by molar-refractivity contribution is -0.125. The summed E-state index contributed by atoms with van der Waals surface area (Å²) in [4.78, 5) is 29.0. The number of carbonyl (C=O) groups excluding carboxylic acids is 1. The summed E-state index contributed by atoms with van der Waals surface area (Å²) in [7, 11) is 9.77. The molecule has 0 bridgehead atoms. The van der Waals surface area contributed by atoms with Crippen LogP contribution in [0.5, 0.6) is 17.2 Å². The van der Waals surface area contributed by atoms with Crippen molar-refractivity contribution in [3.63, 3.8) is 0 Å². The van der Waals surface area contributed by atoms with Gasteiger partial charge in [-0.1, -0.05) is 26.8 Å². The Labute approximate surface area is 321 Å². The zero-order chi connectivity index (χ0) is 38.7. The van der Waals surface area contributed by atoms with E-state index >= 15 is 0 Å². The molecular weight excluding hydrogens is 683 g/mol. The minimum absolute atomic E-state index is 0.0983. The first-order valence-corrected chi connectivity index (χ1v) is 18.8. The highest BCUT2D eigenvalue weighted by atomic mass is 32.1. The van der Waals surface area contributed by atoms with E-state index in [-0.39, 0.29) is 11.2 Å². The third-order valence-electron chi connectivity index (χ3n) is 9.18. The summed E-state index contributed by atoms with van der Waals surface area (Å²) < 4.78 is 11.6. The van der Waals surface area contributed by atoms with Crippen LogP contribution in [0.1, 0.15) is 44.7 Å². The van der Waals surface area contributed by atoms with Gasteiger partial charge in [0.25, 0.3) is 0 Å². The Morgan fingerprint density at radius 3 is 2.47 bits per heavy atom. The maximum absolute atomic E-state index is 12.0. The molecule has 3 heterocycles. The summed E-state index contributed by atoms with van der Waals surface area (Å²) in [6.45, 7) is 14.6. The van der Waals surface area contributed by atoms with Crippen LogP contribution in [-0.4, -0.2) is 104 Å². The van der Waals surface area contributed by atoms with Gasteiger partial charge in [-0.25, -0.2) is 9.97 Å². The molecular formula is C42H57N7O3S. The molecule has 1 saturated heterocycles. The van der Waals surface area contributed by atoms with E-state index in [0.29, 0.717) is 5.92 Å². The van der Waals surface area contributed by atoms with Gasteiger partial charge in [-0.05, 0) is 100 Å². The molecule has 1 aromatic heterocycles. The van der Waals surface area contributed by atoms with Crippen LogP contribution in [0.2, 0.25) is 0 Å². The Morgan fingerprint density at radius 2 is 1.75 bits per heavy atom. The molecule has 2 atom stereocenters. The molecule has 3 aromatic carbocycles. The van der Waals surface area contributed by atoms with E-state index in [2.05, 4.69) is 90.1 Å². The van der Waals surface area contributed by atoms with Gasteiger partial charge in [-0.15, -0.1) is 0 Å². The zero-order valence-electron chi connectivity index (χ0n) is 33.1. The van der Waals surface area contributed by atoms with Crippen LogP contribution in [0.25, 0.3) is 10.9 Å². The molecule has 2 aliphatic rings. The molecule has 284 valence electrons. The van der Waals surface area contributed by atoms with Gasteiger partial charge in [0.2, 0.25) is 5.91 Å². The Hall–Kier alpha value is -4.58. The van der Waals surface area contributed by atoms with Crippen LogP contribution >= 0.6 is 12.6 Å². The molecule has 6 rings (SSSR count). The Kier molecular flexibility index (Phi) is 15.1. The molecule has 0 saturated carbocycles. The minimum Gasteiger partial charge on any atom is -0.497 e. The minimum atomic E-state index is 0.0983. The highest BCUT2D eigenvalue weighted by Gasteiger charge is 2.22. The fourth-order valence-corrected chi connectivity index (χ4v) is 6.66. The number of fused-ring (bicyclic) bond motifs is 2. The van der Waals surface area contributed by atoms with Crippen molar-refractivity contribution in [1.29, 1.82) is 0 Å². The average molecular weight is 740 g/mol. The molecule has 1 fully saturated rings. The van der Waals surface area contributed by atoms with E-state index in [1.807, 2.05) is 87.1 Å². The maximum atomic E-state index is 12.0. The molecule has 0 radical (unpaired) electrons. The molecule has 11 heteroatoms. The SMILES string of the molecule is CC.CN(C)C/C=C/C(=O)N1CCN(C)CC(S)C1.COc1ccc2c(Nc3ccc(Oc4ccc5c(c4)C(C)C(C)=CN5C)c(C)c3)ncnc2c1. The second-order valence-electron chi connectivity index (χ2n) is 13.6. The number of nitrogens with one attached hydrogen (secondary N) is 1. The normalized spacial score (nSPS) is 17.2. The largest absolute Gasteiger partial charge is 0.497 e. The lowest BCUT2D eigenvalue weighted by Crippen LogP contribution is -2.35. The lowest BCUT2D eigenvalue weighted by atomic mass is 9.90. The maximum Gasteiger partial charge on any atom is 0.246 e. The number of nitrogens with zero attached hydrogens (tertiary/aromatic N) is 6. The summed E-state index contributed by atoms with van der Waals surface area (Å²) in [5.74, 6) is 3.65. The van der Waals surface area contributed by atoms with Crippen LogP contribution < -0.4 is 19.7 Å². The first-order valence-electron chi connectivity index (χ1n) is 18.3. The van der Waals surface area contributed by atoms with Crippen molar-refractivity contribution in [1.82, 2.24) is 24.7 Å². The van der Waals surface area contributed by atoms with E-state index < -0.39 is 0 Å². The number of hydrogen-bond acceptors (Lipinski definition) is 10. The second-order valence-corrected chi connectivity index (χ2v) is 14.3. The van der Waals surface area contributed by atoms with E-state index in [0.717, 1.165) is 77.9 Å². The summed E-state index contributed by atoms with van der Waals surface area (Å²) in [5.41, 5.74) is 6.63. The number of amides is 1. The number of aryl methyl sites for hydroxylation is 1. The van der Waals surface area contributed by atoms with Gasteiger partial charge in [-0.2, -0.15) is 12.6 Å². The number of anilines is 3. The lowest BCUT2D eigenvalue weighted by Gasteiger charge is -2.29. The third-order valence-corrected chi connectivity index (χ3v) is 9.51. The fraction of sp³-hybridized carbons (Fsp3) is 0.405. The molecule has 0 spiro atoms. The van der Waals surface area contributed by atoms with Crippen LogP contribution in [0.15, 0.2) is 84.8 Å². The second kappa shape index (κ2) is 19.5. The predicted molar refractivity (Wildman–Crippen MR) is 224 cm³/mol. The quantitative estimate of drug-likeness (QED) is 0.137. The highest BCUT2D eigenvalue weighted by molar-refractivity contribution is 7.81. The van der Waals surface area contributed by atoms with Crippen molar-refractivity contribution in [2.75, 3.05) is 78.2 Å². The van der Waals surface area contributed by atoms with Crippen molar-refractivity contribution in [2.24, 2.45) is 0 Å². The number of methoxy groups -OCH3 is 1. The molecule has 53 heavy (non-hydrogen) atoms. The standard InChI is InChI=1S/C28H28N4O2.C12H23N3OS.C2H6/c1-17-12-20(31-28-23-9-7-21(33-5)14-25(23)29-16-30-28)6-11-27(17)34-22-8-10-26-24(13-22)19(3)18(2)15-32(26)4;1-13(2)6-4-5-12(16)15-8-7-14(3)9-11(17)10-15;1-2/h6-16,19H,1-5H3,(H,29,30,31);4-5,11,17H,6-10H2,1-3H3;1-2H3/b;5-4+;. The molecule has 0 aliphatic carbocycles. The van der Waals surface area contributed by atoms with E-state index in [9.17, 15) is 4.79 Å². The zero-order valence-corrected chi connectivity index (χ0v) is 33.9. The van der Waals surface area contributed by atoms with Gasteiger partial charge in [0.1, 0.15) is 29.4 Å². The van der Waals surface area contributed by atoms with Gasteiger partial charge >= 0.3 is 0 Å². The van der Waals surface area contributed by atoms with Crippen molar-refractivity contribution < 1.29 is 14.3 Å². The van der Waals surface area contributed by atoms with Crippen molar-refractivity contribution in [2.45, 2.75) is 45.8 Å². The van der Waals surface area contributed by atoms with Gasteiger partial charge in [0.15, 0.2) is 0 Å². The van der Waals surface area contributed by atoms with Crippen LogP contribution in [0.4, 0.5) is 17.2 Å². The first-order chi connectivity index (χ1) is 25.4. The third kappa shape index (κ3) is 11.2. The number of thiol groups is 1. The number of hydrogen-bond donors (Lipinski definition) is 2. The highest BCUT2D eigenvalue weighted by Crippen LogP contribution is 2.40. The van der Waals surface area contributed by atoms with Crippen molar-refractivity contribution >= 4 is 46.6 Å². The molecule has 2 unspecified atom stereocenters. The summed E-state index contributed by atoms with van der Waals surface area (Å²) >= 11 is 4.50. The van der Waals surface area contributed by atoms with Gasteiger partial charge in [0.05, 0.1) is 12.6 Å². The number of benzene rings is 3. The summed E-state index contributed by atoms with van der Waals surface area (Å²) in [5, 5.41) is 4.59.